The number of benzene rings is 2. The van der Waals surface area contributed by atoms with Crippen LogP contribution in [-0.2, 0) is 11.3 Å². The molecule has 8 heteroatoms. The van der Waals surface area contributed by atoms with Crippen LogP contribution in [0.3, 0.4) is 0 Å². The molecule has 0 saturated carbocycles. The van der Waals surface area contributed by atoms with Gasteiger partial charge in [0.1, 0.15) is 17.1 Å². The zero-order chi connectivity index (χ0) is 21.6. The Balaban J connectivity index is 1.51. The number of halogens is 1. The zero-order valence-electron chi connectivity index (χ0n) is 16.8. The first kappa shape index (κ1) is 21.3. The van der Waals surface area contributed by atoms with Gasteiger partial charge in [-0.3, -0.25) is 14.7 Å². The Morgan fingerprint density at radius 2 is 1.90 bits per heavy atom. The average molecular weight is 454 g/mol. The Kier molecular flexibility index (Phi) is 6.79. The number of hydrogen-bond donors (Lipinski definition) is 0. The number of nitrogens with zero attached hydrogens (tertiary/aromatic N) is 3. The van der Waals surface area contributed by atoms with Crippen molar-refractivity contribution < 1.29 is 13.9 Å². The molecule has 0 unspecified atom stereocenters. The van der Waals surface area contributed by atoms with Gasteiger partial charge in [-0.25, -0.2) is 9.37 Å². The van der Waals surface area contributed by atoms with Gasteiger partial charge in [-0.15, -0.1) is 11.8 Å². The SMILES string of the molecule is COc1ccc(SCCC(=O)N(Cc2ccncc2)c2nc3c(F)cccc3s2)cc1. The predicted octanol–water partition coefficient (Wildman–Crippen LogP) is 5.55. The van der Waals surface area contributed by atoms with Crippen LogP contribution in [0.2, 0.25) is 0 Å². The maximum atomic E-state index is 14.2. The lowest BCUT2D eigenvalue weighted by Gasteiger charge is -2.20. The maximum Gasteiger partial charge on any atom is 0.229 e. The summed E-state index contributed by atoms with van der Waals surface area (Å²) < 4.78 is 20.0. The predicted molar refractivity (Wildman–Crippen MR) is 123 cm³/mol. The Bertz CT molecular complexity index is 1170. The highest BCUT2D eigenvalue weighted by atomic mass is 32.2. The molecule has 1 amide bonds. The average Bonchev–Trinajstić information content (AvgIpc) is 3.24. The summed E-state index contributed by atoms with van der Waals surface area (Å²) in [6.45, 7) is 0.357. The van der Waals surface area contributed by atoms with Gasteiger partial charge in [-0.2, -0.15) is 0 Å². The molecule has 158 valence electrons. The molecule has 5 nitrogen and oxygen atoms in total. The first-order valence-electron chi connectivity index (χ1n) is 9.65. The van der Waals surface area contributed by atoms with E-state index in [9.17, 15) is 9.18 Å². The van der Waals surface area contributed by atoms with E-state index < -0.39 is 0 Å². The number of carbonyl (C=O) groups excluding carboxylic acids is 1. The minimum absolute atomic E-state index is 0.0581. The second-order valence-electron chi connectivity index (χ2n) is 6.69. The summed E-state index contributed by atoms with van der Waals surface area (Å²) in [6, 6.07) is 16.3. The molecule has 0 aliphatic rings. The first-order valence-corrected chi connectivity index (χ1v) is 11.5. The van der Waals surface area contributed by atoms with Crippen LogP contribution in [0.15, 0.2) is 71.9 Å². The van der Waals surface area contributed by atoms with Gasteiger partial charge in [0.2, 0.25) is 5.91 Å². The topological polar surface area (TPSA) is 55.3 Å². The van der Waals surface area contributed by atoms with E-state index in [0.717, 1.165) is 20.9 Å². The molecule has 0 saturated heterocycles. The van der Waals surface area contributed by atoms with Crippen LogP contribution in [0.1, 0.15) is 12.0 Å². The highest BCUT2D eigenvalue weighted by Crippen LogP contribution is 2.32. The van der Waals surface area contributed by atoms with Gasteiger partial charge in [0.25, 0.3) is 0 Å². The van der Waals surface area contributed by atoms with Crippen LogP contribution in [-0.4, -0.2) is 28.7 Å². The standard InChI is InChI=1S/C23H20FN3O2S2/c1-29-17-5-7-18(8-6-17)30-14-11-21(28)27(15-16-9-12-25-13-10-16)23-26-22-19(24)3-2-4-20(22)31-23/h2-10,12-13H,11,14-15H2,1H3. The van der Waals surface area contributed by atoms with Crippen LogP contribution in [0.5, 0.6) is 5.75 Å². The Labute approximate surface area is 187 Å². The molecule has 0 bridgehead atoms. The van der Waals surface area contributed by atoms with E-state index in [1.165, 1.54) is 17.4 Å². The second-order valence-corrected chi connectivity index (χ2v) is 8.87. The third kappa shape index (κ3) is 5.21. The molecule has 0 fully saturated rings. The van der Waals surface area contributed by atoms with Crippen molar-refractivity contribution in [2.24, 2.45) is 0 Å². The fourth-order valence-corrected chi connectivity index (χ4v) is 4.85. The molecule has 4 rings (SSSR count). The van der Waals surface area contributed by atoms with E-state index in [4.69, 9.17) is 4.74 Å². The summed E-state index contributed by atoms with van der Waals surface area (Å²) in [5.41, 5.74) is 1.23. The number of para-hydroxylation sites is 1. The largest absolute Gasteiger partial charge is 0.497 e. The van der Waals surface area contributed by atoms with Gasteiger partial charge in [0.15, 0.2) is 5.13 Å². The quantitative estimate of drug-likeness (QED) is 0.327. The number of fused-ring (bicyclic) bond motifs is 1. The molecule has 2 aromatic heterocycles. The van der Waals surface area contributed by atoms with Crippen molar-refractivity contribution in [3.63, 3.8) is 0 Å². The third-order valence-corrected chi connectivity index (χ3v) is 6.68. The number of pyridine rings is 1. The molecule has 2 aromatic carbocycles. The smallest absolute Gasteiger partial charge is 0.229 e. The highest BCUT2D eigenvalue weighted by molar-refractivity contribution is 7.99. The summed E-state index contributed by atoms with van der Waals surface area (Å²) in [6.07, 6.45) is 3.71. The van der Waals surface area contributed by atoms with E-state index >= 15 is 0 Å². The monoisotopic (exact) mass is 453 g/mol. The zero-order valence-corrected chi connectivity index (χ0v) is 18.5. The van der Waals surface area contributed by atoms with E-state index in [2.05, 4.69) is 9.97 Å². The van der Waals surface area contributed by atoms with Crippen molar-refractivity contribution in [1.29, 1.82) is 0 Å². The van der Waals surface area contributed by atoms with E-state index in [-0.39, 0.29) is 11.7 Å². The van der Waals surface area contributed by atoms with Crippen LogP contribution in [0.4, 0.5) is 9.52 Å². The molecule has 4 aromatic rings. The summed E-state index contributed by atoms with van der Waals surface area (Å²) >= 11 is 2.92. The summed E-state index contributed by atoms with van der Waals surface area (Å²) in [5.74, 6) is 0.979. The third-order valence-electron chi connectivity index (χ3n) is 4.62. The van der Waals surface area contributed by atoms with Crippen LogP contribution in [0, 0.1) is 5.82 Å². The number of aromatic nitrogens is 2. The van der Waals surface area contributed by atoms with Gasteiger partial charge in [0, 0.05) is 29.5 Å². The lowest BCUT2D eigenvalue weighted by molar-refractivity contribution is -0.118. The van der Waals surface area contributed by atoms with Crippen molar-refractivity contribution in [3.05, 3.63) is 78.4 Å². The molecule has 0 radical (unpaired) electrons. The van der Waals surface area contributed by atoms with Crippen molar-refractivity contribution >= 4 is 44.4 Å². The summed E-state index contributed by atoms with van der Waals surface area (Å²) in [5, 5.41) is 0.497. The number of carbonyl (C=O) groups is 1. The van der Waals surface area contributed by atoms with Crippen molar-refractivity contribution in [2.75, 3.05) is 17.8 Å². The van der Waals surface area contributed by atoms with Gasteiger partial charge >= 0.3 is 0 Å². The summed E-state index contributed by atoms with van der Waals surface area (Å²) in [4.78, 5) is 24.3. The number of anilines is 1. The Morgan fingerprint density at radius 1 is 1.13 bits per heavy atom. The van der Waals surface area contributed by atoms with Crippen LogP contribution >= 0.6 is 23.1 Å². The molecule has 0 spiro atoms. The minimum atomic E-state index is -0.383. The molecule has 0 aliphatic carbocycles. The minimum Gasteiger partial charge on any atom is -0.497 e. The number of methoxy groups -OCH3 is 1. The van der Waals surface area contributed by atoms with Crippen LogP contribution < -0.4 is 9.64 Å². The number of rotatable bonds is 8. The molecular formula is C23H20FN3O2S2. The fourth-order valence-electron chi connectivity index (χ4n) is 3.02. The summed E-state index contributed by atoms with van der Waals surface area (Å²) in [7, 11) is 1.63. The van der Waals surface area contributed by atoms with Crippen molar-refractivity contribution in [1.82, 2.24) is 9.97 Å². The normalized spacial score (nSPS) is 10.9. The molecule has 31 heavy (non-hydrogen) atoms. The number of amides is 1. The molecule has 0 N–H and O–H groups in total. The fraction of sp³-hybridized carbons (Fsp3) is 0.174. The highest BCUT2D eigenvalue weighted by Gasteiger charge is 2.21. The van der Waals surface area contributed by atoms with E-state index in [1.807, 2.05) is 42.5 Å². The van der Waals surface area contributed by atoms with Gasteiger partial charge in [0.05, 0.1) is 18.4 Å². The van der Waals surface area contributed by atoms with Crippen molar-refractivity contribution in [2.45, 2.75) is 17.9 Å². The van der Waals surface area contributed by atoms with Crippen LogP contribution in [0.25, 0.3) is 10.2 Å². The number of ether oxygens (including phenoxy) is 1. The van der Waals surface area contributed by atoms with E-state index in [0.29, 0.717) is 29.4 Å². The molecule has 2 heterocycles. The number of thiazole rings is 1. The molecule has 0 aliphatic heterocycles. The van der Waals surface area contributed by atoms with Gasteiger partial charge < -0.3 is 4.74 Å². The first-order chi connectivity index (χ1) is 15.1. The lowest BCUT2D eigenvalue weighted by Crippen LogP contribution is -2.30. The van der Waals surface area contributed by atoms with Gasteiger partial charge in [-0.1, -0.05) is 17.4 Å². The Hall–Kier alpha value is -2.97. The molecule has 0 atom stereocenters. The molecular weight excluding hydrogens is 433 g/mol. The van der Waals surface area contributed by atoms with E-state index in [1.54, 1.807) is 42.2 Å². The lowest BCUT2D eigenvalue weighted by atomic mass is 10.2. The number of thioether (sulfide) groups is 1. The Morgan fingerprint density at radius 3 is 2.61 bits per heavy atom. The number of hydrogen-bond acceptors (Lipinski definition) is 6. The van der Waals surface area contributed by atoms with Crippen molar-refractivity contribution in [3.8, 4) is 5.75 Å². The van der Waals surface area contributed by atoms with Gasteiger partial charge in [-0.05, 0) is 54.1 Å². The second kappa shape index (κ2) is 9.89. The maximum absolute atomic E-state index is 14.2.